The van der Waals surface area contributed by atoms with Crippen molar-refractivity contribution >= 4 is 23.2 Å². The van der Waals surface area contributed by atoms with E-state index in [4.69, 9.17) is 11.6 Å². The molecule has 1 saturated carbocycles. The summed E-state index contributed by atoms with van der Waals surface area (Å²) in [6.45, 7) is 6.33. The maximum Gasteiger partial charge on any atom is 0.228 e. The third kappa shape index (κ3) is 3.35. The number of halogens is 1. The van der Waals surface area contributed by atoms with Crippen LogP contribution in [0.4, 0.5) is 5.69 Å². The molecule has 0 spiro atoms. The summed E-state index contributed by atoms with van der Waals surface area (Å²) in [5.41, 5.74) is 1.92. The van der Waals surface area contributed by atoms with Crippen molar-refractivity contribution in [3.8, 4) is 0 Å². The summed E-state index contributed by atoms with van der Waals surface area (Å²) in [7, 11) is 0. The summed E-state index contributed by atoms with van der Waals surface area (Å²) in [4.78, 5) is 12.6. The Hall–Kier alpha value is -1.02. The quantitative estimate of drug-likeness (QED) is 0.768. The van der Waals surface area contributed by atoms with Crippen molar-refractivity contribution in [2.24, 2.45) is 11.3 Å². The lowest BCUT2D eigenvalue weighted by molar-refractivity contribution is -0.124. The Morgan fingerprint density at radius 3 is 2.70 bits per heavy atom. The van der Waals surface area contributed by atoms with E-state index in [1.165, 1.54) is 6.42 Å². The van der Waals surface area contributed by atoms with Gasteiger partial charge in [-0.25, -0.2) is 0 Å². The molecule has 0 saturated heterocycles. The van der Waals surface area contributed by atoms with E-state index in [9.17, 15) is 4.79 Å². The topological polar surface area (TPSA) is 29.1 Å². The molecule has 1 aliphatic carbocycles. The first-order valence-electron chi connectivity index (χ1n) is 7.45. The lowest BCUT2D eigenvalue weighted by atomic mass is 9.68. The number of amides is 1. The van der Waals surface area contributed by atoms with Crippen LogP contribution in [0.5, 0.6) is 0 Å². The second kappa shape index (κ2) is 6.17. The molecule has 0 heterocycles. The lowest BCUT2D eigenvalue weighted by Gasteiger charge is -2.37. The molecule has 1 aromatic carbocycles. The van der Waals surface area contributed by atoms with Gasteiger partial charge in [0.25, 0.3) is 0 Å². The van der Waals surface area contributed by atoms with Gasteiger partial charge in [-0.05, 0) is 36.8 Å². The second-order valence-electron chi connectivity index (χ2n) is 6.48. The van der Waals surface area contributed by atoms with Gasteiger partial charge in [0.1, 0.15) is 0 Å². The number of rotatable bonds is 3. The van der Waals surface area contributed by atoms with Crippen molar-refractivity contribution in [3.05, 3.63) is 29.8 Å². The second-order valence-corrected chi connectivity index (χ2v) is 7.13. The SMILES string of the molecule is CC(Cl)c1ccccc1NC(=O)C1CCCCC1(C)C. The normalized spacial score (nSPS) is 23.1. The van der Waals surface area contributed by atoms with Gasteiger partial charge in [0.15, 0.2) is 0 Å². The minimum Gasteiger partial charge on any atom is -0.326 e. The Morgan fingerprint density at radius 2 is 2.05 bits per heavy atom. The molecular weight excluding hydrogens is 270 g/mol. The van der Waals surface area contributed by atoms with Crippen molar-refractivity contribution in [3.63, 3.8) is 0 Å². The van der Waals surface area contributed by atoms with Crippen molar-refractivity contribution in [2.75, 3.05) is 5.32 Å². The number of alkyl halides is 1. The Morgan fingerprint density at radius 1 is 1.35 bits per heavy atom. The zero-order valence-electron chi connectivity index (χ0n) is 12.6. The molecule has 1 aliphatic rings. The molecule has 2 rings (SSSR count). The minimum absolute atomic E-state index is 0.0872. The third-order valence-electron chi connectivity index (χ3n) is 4.47. The average Bonchev–Trinajstić information content (AvgIpc) is 2.38. The Labute approximate surface area is 126 Å². The molecule has 0 radical (unpaired) electrons. The van der Waals surface area contributed by atoms with Gasteiger partial charge < -0.3 is 5.32 Å². The van der Waals surface area contributed by atoms with Gasteiger partial charge in [0, 0.05) is 11.6 Å². The van der Waals surface area contributed by atoms with E-state index in [0.717, 1.165) is 30.5 Å². The maximum absolute atomic E-state index is 12.6. The summed E-state index contributed by atoms with van der Waals surface area (Å²) < 4.78 is 0. The van der Waals surface area contributed by atoms with Crippen LogP contribution in [0.3, 0.4) is 0 Å². The van der Waals surface area contributed by atoms with Crippen LogP contribution in [0.2, 0.25) is 0 Å². The highest BCUT2D eigenvalue weighted by Crippen LogP contribution is 2.41. The monoisotopic (exact) mass is 293 g/mol. The van der Waals surface area contributed by atoms with Gasteiger partial charge in [-0.1, -0.05) is 44.9 Å². The molecule has 3 heteroatoms. The largest absolute Gasteiger partial charge is 0.326 e. The Balaban J connectivity index is 2.15. The van der Waals surface area contributed by atoms with E-state index >= 15 is 0 Å². The predicted molar refractivity (Wildman–Crippen MR) is 85.1 cm³/mol. The van der Waals surface area contributed by atoms with E-state index in [2.05, 4.69) is 19.2 Å². The van der Waals surface area contributed by atoms with Gasteiger partial charge in [-0.2, -0.15) is 0 Å². The first-order chi connectivity index (χ1) is 9.42. The first-order valence-corrected chi connectivity index (χ1v) is 7.89. The molecule has 0 aliphatic heterocycles. The Bertz CT molecular complexity index is 482. The van der Waals surface area contributed by atoms with E-state index in [1.54, 1.807) is 0 Å². The summed E-state index contributed by atoms with van der Waals surface area (Å²) in [5.74, 6) is 0.231. The predicted octanol–water partition coefficient (Wildman–Crippen LogP) is 5.14. The number of nitrogens with one attached hydrogen (secondary N) is 1. The van der Waals surface area contributed by atoms with E-state index < -0.39 is 0 Å². The third-order valence-corrected chi connectivity index (χ3v) is 4.71. The van der Waals surface area contributed by atoms with Gasteiger partial charge in [0.2, 0.25) is 5.91 Å². The van der Waals surface area contributed by atoms with Crippen LogP contribution in [0.25, 0.3) is 0 Å². The molecule has 2 unspecified atom stereocenters. The van der Waals surface area contributed by atoms with Gasteiger partial charge in [0.05, 0.1) is 5.38 Å². The molecule has 1 N–H and O–H groups in total. The zero-order chi connectivity index (χ0) is 14.8. The van der Waals surface area contributed by atoms with E-state index in [-0.39, 0.29) is 22.6 Å². The number of carbonyl (C=O) groups is 1. The molecule has 0 bridgehead atoms. The molecule has 2 atom stereocenters. The number of benzene rings is 1. The van der Waals surface area contributed by atoms with Gasteiger partial charge in [-0.15, -0.1) is 11.6 Å². The standard InChI is InChI=1S/C17H24ClNO/c1-12(18)13-8-4-5-10-15(13)19-16(20)14-9-6-7-11-17(14,2)3/h4-5,8,10,12,14H,6-7,9,11H2,1-3H3,(H,19,20). The zero-order valence-corrected chi connectivity index (χ0v) is 13.3. The highest BCUT2D eigenvalue weighted by atomic mass is 35.5. The minimum atomic E-state index is -0.106. The molecule has 1 amide bonds. The van der Waals surface area contributed by atoms with Crippen molar-refractivity contribution < 1.29 is 4.79 Å². The lowest BCUT2D eigenvalue weighted by Crippen LogP contribution is -2.37. The van der Waals surface area contributed by atoms with Crippen LogP contribution in [0, 0.1) is 11.3 Å². The average molecular weight is 294 g/mol. The summed E-state index contributed by atoms with van der Waals surface area (Å²) in [5, 5.41) is 2.99. The maximum atomic E-state index is 12.6. The van der Waals surface area contributed by atoms with Crippen molar-refractivity contribution in [2.45, 2.75) is 51.8 Å². The van der Waals surface area contributed by atoms with Gasteiger partial charge >= 0.3 is 0 Å². The smallest absolute Gasteiger partial charge is 0.228 e. The summed E-state index contributed by atoms with van der Waals surface area (Å²) in [6.07, 6.45) is 4.48. The van der Waals surface area contributed by atoms with E-state index in [1.807, 2.05) is 31.2 Å². The number of carbonyl (C=O) groups excluding carboxylic acids is 1. The molecule has 2 nitrogen and oxygen atoms in total. The summed E-state index contributed by atoms with van der Waals surface area (Å²) >= 11 is 6.18. The van der Waals surface area contributed by atoms with Crippen molar-refractivity contribution in [1.82, 2.24) is 0 Å². The molecule has 1 aromatic rings. The summed E-state index contributed by atoms with van der Waals surface area (Å²) in [6, 6.07) is 7.79. The fourth-order valence-electron chi connectivity index (χ4n) is 3.16. The molecule has 20 heavy (non-hydrogen) atoms. The first kappa shape index (κ1) is 15.4. The molecule has 110 valence electrons. The van der Waals surface area contributed by atoms with Gasteiger partial charge in [-0.3, -0.25) is 4.79 Å². The van der Waals surface area contributed by atoms with Crippen LogP contribution in [-0.2, 0) is 4.79 Å². The Kier molecular flexibility index (Phi) is 4.74. The molecule has 0 aromatic heterocycles. The fourth-order valence-corrected chi connectivity index (χ4v) is 3.35. The van der Waals surface area contributed by atoms with Crippen LogP contribution >= 0.6 is 11.6 Å². The molecule has 1 fully saturated rings. The number of anilines is 1. The van der Waals surface area contributed by atoms with E-state index in [0.29, 0.717) is 0 Å². The van der Waals surface area contributed by atoms with Crippen LogP contribution in [0.15, 0.2) is 24.3 Å². The van der Waals surface area contributed by atoms with Crippen LogP contribution < -0.4 is 5.32 Å². The highest BCUT2D eigenvalue weighted by Gasteiger charge is 2.37. The number of para-hydroxylation sites is 1. The highest BCUT2D eigenvalue weighted by molar-refractivity contribution is 6.21. The fraction of sp³-hybridized carbons (Fsp3) is 0.588. The molecular formula is C17H24ClNO. The van der Waals surface area contributed by atoms with Crippen molar-refractivity contribution in [1.29, 1.82) is 0 Å². The van der Waals surface area contributed by atoms with Crippen LogP contribution in [-0.4, -0.2) is 5.91 Å². The number of hydrogen-bond acceptors (Lipinski definition) is 1. The number of hydrogen-bond donors (Lipinski definition) is 1. The van der Waals surface area contributed by atoms with Crippen LogP contribution in [0.1, 0.15) is 57.4 Å².